The average Bonchev–Trinajstić information content (AvgIpc) is 3.28. The van der Waals surface area contributed by atoms with Crippen LogP contribution >= 0.6 is 0 Å². The highest BCUT2D eigenvalue weighted by molar-refractivity contribution is 5.93. The first-order chi connectivity index (χ1) is 20.8. The van der Waals surface area contributed by atoms with Gasteiger partial charge in [0.25, 0.3) is 0 Å². The number of allylic oxidation sites excluding steroid dienone is 5. The Hall–Kier alpha value is -3.26. The van der Waals surface area contributed by atoms with Gasteiger partial charge in [0, 0.05) is 17.8 Å². The molecule has 4 aliphatic rings. The number of carbonyl (C=O) groups is 1. The molecule has 2 fully saturated rings. The lowest BCUT2D eigenvalue weighted by Crippen LogP contribution is -2.65. The molecule has 3 nitrogen and oxygen atoms in total. The number of ketones is 1. The van der Waals surface area contributed by atoms with Crippen LogP contribution in [0.3, 0.4) is 0 Å². The van der Waals surface area contributed by atoms with Gasteiger partial charge in [0.05, 0.1) is 7.11 Å². The van der Waals surface area contributed by atoms with Gasteiger partial charge in [-0.2, -0.15) is 22.0 Å². The molecule has 0 unspecified atom stereocenters. The lowest BCUT2D eigenvalue weighted by Gasteiger charge is -2.56. The van der Waals surface area contributed by atoms with E-state index in [1.807, 2.05) is 60.7 Å². The number of aliphatic hydroxyl groups is 1. The maximum Gasteiger partial charge on any atom is 0.456 e. The summed E-state index contributed by atoms with van der Waals surface area (Å²) in [6.07, 6.45) is 2.09. The largest absolute Gasteiger partial charge is 0.497 e. The van der Waals surface area contributed by atoms with Gasteiger partial charge < -0.3 is 9.84 Å². The summed E-state index contributed by atoms with van der Waals surface area (Å²) in [5, 5.41) is 11.4. The summed E-state index contributed by atoms with van der Waals surface area (Å²) in [6, 6.07) is 15.5. The predicted molar refractivity (Wildman–Crippen MR) is 158 cm³/mol. The maximum absolute atomic E-state index is 15.2. The first-order valence-electron chi connectivity index (χ1n) is 15.3. The number of methoxy groups -OCH3 is 1. The Balaban J connectivity index is 1.36. The highest BCUT2D eigenvalue weighted by Gasteiger charge is 2.79. The zero-order chi connectivity index (χ0) is 31.5. The summed E-state index contributed by atoms with van der Waals surface area (Å²) in [7, 11) is 1.62. The zero-order valence-electron chi connectivity index (χ0n) is 24.9. The third-order valence-electron chi connectivity index (χ3n) is 10.9. The first-order valence-corrected chi connectivity index (χ1v) is 15.3. The zero-order valence-corrected chi connectivity index (χ0v) is 24.9. The molecule has 2 saturated carbocycles. The number of hydrogen-bond donors (Lipinski definition) is 1. The van der Waals surface area contributed by atoms with Crippen LogP contribution in [-0.4, -0.2) is 35.7 Å². The van der Waals surface area contributed by atoms with Gasteiger partial charge in [0.1, 0.15) is 11.4 Å². The summed E-state index contributed by atoms with van der Waals surface area (Å²) in [4.78, 5) is 12.3. The number of hydrogen-bond acceptors (Lipinski definition) is 3. The molecule has 1 N–H and O–H groups in total. The van der Waals surface area contributed by atoms with Crippen LogP contribution in [0.5, 0.6) is 5.75 Å². The van der Waals surface area contributed by atoms with Gasteiger partial charge in [0.15, 0.2) is 5.78 Å². The van der Waals surface area contributed by atoms with E-state index >= 15 is 8.78 Å². The van der Waals surface area contributed by atoms with Crippen molar-refractivity contribution in [2.24, 2.45) is 17.3 Å². The third kappa shape index (κ3) is 4.84. The number of carbonyl (C=O) groups excluding carboxylic acids is 1. The normalized spacial score (nSPS) is 30.6. The SMILES string of the molecule is COc1ccc(CC=Cc2ccc([C@H]3C[C@@]4(C)[C@@H](CC[C@@]4(O)C(F)(F)C(F)(F)F)[C@@H]4CCC5=CC(=O)CCC5=C43)cc2)cc1. The second kappa shape index (κ2) is 11.0. The van der Waals surface area contributed by atoms with Crippen LogP contribution in [0.2, 0.25) is 0 Å². The molecule has 0 radical (unpaired) electrons. The van der Waals surface area contributed by atoms with Crippen LogP contribution in [-0.2, 0) is 11.2 Å². The van der Waals surface area contributed by atoms with E-state index in [9.17, 15) is 23.1 Å². The minimum atomic E-state index is -5.86. The van der Waals surface area contributed by atoms with Crippen molar-refractivity contribution in [2.75, 3.05) is 7.11 Å². The molecule has 6 rings (SSSR count). The molecule has 0 bridgehead atoms. The summed E-state index contributed by atoms with van der Waals surface area (Å²) in [5.41, 5.74) is 1.11. The van der Waals surface area contributed by atoms with Crippen LogP contribution in [0.1, 0.15) is 74.5 Å². The van der Waals surface area contributed by atoms with Gasteiger partial charge in [-0.05, 0) is 103 Å². The Labute approximate surface area is 254 Å². The second-order valence-corrected chi connectivity index (χ2v) is 13.1. The Morgan fingerprint density at radius 3 is 2.34 bits per heavy atom. The fourth-order valence-electron chi connectivity index (χ4n) is 8.65. The predicted octanol–water partition coefficient (Wildman–Crippen LogP) is 8.78. The Kier molecular flexibility index (Phi) is 7.67. The van der Waals surface area contributed by atoms with Crippen LogP contribution in [0.25, 0.3) is 6.08 Å². The van der Waals surface area contributed by atoms with Crippen molar-refractivity contribution >= 4 is 11.9 Å². The molecule has 2 aromatic carbocycles. The first kappa shape index (κ1) is 30.8. The minimum absolute atomic E-state index is 0.0247. The van der Waals surface area contributed by atoms with Crippen LogP contribution in [0.15, 0.2) is 77.4 Å². The van der Waals surface area contributed by atoms with E-state index in [1.54, 1.807) is 13.2 Å². The molecule has 0 heterocycles. The molecule has 4 aliphatic carbocycles. The molecule has 0 aliphatic heterocycles. The van der Waals surface area contributed by atoms with Gasteiger partial charge in [-0.25, -0.2) is 0 Å². The van der Waals surface area contributed by atoms with Crippen molar-refractivity contribution in [2.45, 2.75) is 81.9 Å². The van der Waals surface area contributed by atoms with E-state index in [4.69, 9.17) is 4.74 Å². The van der Waals surface area contributed by atoms with Crippen molar-refractivity contribution in [1.82, 2.24) is 0 Å². The van der Waals surface area contributed by atoms with E-state index in [2.05, 4.69) is 0 Å². The fraction of sp³-hybridized carbons (Fsp3) is 0.472. The Morgan fingerprint density at radius 2 is 1.68 bits per heavy atom. The number of rotatable bonds is 6. The van der Waals surface area contributed by atoms with Crippen LogP contribution < -0.4 is 4.74 Å². The van der Waals surface area contributed by atoms with Gasteiger partial charge in [-0.1, -0.05) is 61.0 Å². The Morgan fingerprint density at radius 1 is 0.977 bits per heavy atom. The molecular weight excluding hydrogens is 575 g/mol. The molecule has 0 amide bonds. The summed E-state index contributed by atoms with van der Waals surface area (Å²) in [5.74, 6) is -5.59. The fourth-order valence-corrected chi connectivity index (χ4v) is 8.65. The minimum Gasteiger partial charge on any atom is -0.497 e. The van der Waals surface area contributed by atoms with Gasteiger partial charge in [0.2, 0.25) is 0 Å². The highest BCUT2D eigenvalue weighted by atomic mass is 19.4. The van der Waals surface area contributed by atoms with Crippen molar-refractivity contribution in [3.05, 3.63) is 94.1 Å². The second-order valence-electron chi connectivity index (χ2n) is 13.1. The van der Waals surface area contributed by atoms with E-state index in [1.165, 1.54) is 6.92 Å². The van der Waals surface area contributed by atoms with E-state index < -0.39 is 41.4 Å². The van der Waals surface area contributed by atoms with E-state index in [-0.39, 0.29) is 24.5 Å². The topological polar surface area (TPSA) is 46.5 Å². The lowest BCUT2D eigenvalue weighted by atomic mass is 9.50. The number of halogens is 5. The van der Waals surface area contributed by atoms with E-state index in [0.717, 1.165) is 39.2 Å². The maximum atomic E-state index is 15.2. The quantitative estimate of drug-likeness (QED) is 0.332. The third-order valence-corrected chi connectivity index (χ3v) is 10.9. The van der Waals surface area contributed by atoms with Crippen LogP contribution in [0.4, 0.5) is 22.0 Å². The molecule has 8 heteroatoms. The van der Waals surface area contributed by atoms with Crippen molar-refractivity contribution in [3.63, 3.8) is 0 Å². The van der Waals surface area contributed by atoms with Crippen molar-refractivity contribution in [1.29, 1.82) is 0 Å². The van der Waals surface area contributed by atoms with Gasteiger partial charge in [-0.3, -0.25) is 4.79 Å². The van der Waals surface area contributed by atoms with Crippen molar-refractivity contribution in [3.8, 4) is 5.75 Å². The van der Waals surface area contributed by atoms with E-state index in [0.29, 0.717) is 32.1 Å². The highest BCUT2D eigenvalue weighted by Crippen LogP contribution is 2.70. The van der Waals surface area contributed by atoms with Crippen molar-refractivity contribution < 1.29 is 36.6 Å². The molecule has 234 valence electrons. The number of alkyl halides is 5. The standard InChI is InChI=1S/C36H37F5O3/c1-33-21-30(24-10-6-22(7-11-24)4-3-5-23-8-14-27(44-2)15-9-23)32-28-17-13-26(42)20-25(28)12-16-29(32)31(33)18-19-34(33,43)35(37,38)36(39,40)41/h3-4,6-11,14-15,20,29-31,43H,5,12-13,16-19,21H2,1-2H3/t29-,30+,31-,33-,34-/m0/s1. The van der Waals surface area contributed by atoms with Crippen LogP contribution in [0, 0.1) is 17.3 Å². The average molecular weight is 613 g/mol. The summed E-state index contributed by atoms with van der Waals surface area (Å²) >= 11 is 0. The number of fused-ring (bicyclic) bond motifs is 4. The molecule has 2 aromatic rings. The molecule has 0 spiro atoms. The summed E-state index contributed by atoms with van der Waals surface area (Å²) in [6.45, 7) is 1.45. The van der Waals surface area contributed by atoms with Gasteiger partial charge in [-0.15, -0.1) is 0 Å². The Bertz CT molecular complexity index is 1520. The summed E-state index contributed by atoms with van der Waals surface area (Å²) < 4.78 is 76.9. The molecule has 44 heavy (non-hydrogen) atoms. The number of benzene rings is 2. The molecule has 0 aromatic heterocycles. The monoisotopic (exact) mass is 612 g/mol. The molecular formula is C36H37F5O3. The smallest absolute Gasteiger partial charge is 0.456 e. The van der Waals surface area contributed by atoms with Gasteiger partial charge >= 0.3 is 12.1 Å². The molecule has 0 saturated heterocycles. The lowest BCUT2D eigenvalue weighted by molar-refractivity contribution is -0.362. The number of ether oxygens (including phenoxy) is 1. The molecule has 5 atom stereocenters.